The van der Waals surface area contributed by atoms with Gasteiger partial charge >= 0.3 is 0 Å². The monoisotopic (exact) mass is 384 g/mol. The van der Waals surface area contributed by atoms with Crippen molar-refractivity contribution in [1.29, 1.82) is 0 Å². The fourth-order valence-corrected chi connectivity index (χ4v) is 2.43. The minimum absolute atomic E-state index is 0.245. The van der Waals surface area contributed by atoms with Gasteiger partial charge in [-0.1, -0.05) is 55.1 Å². The molecule has 0 saturated carbocycles. The maximum Gasteiger partial charge on any atom is 0.193 e. The molecule has 4 nitrogen and oxygen atoms in total. The standard InChI is InChI=1S/C22H21ClO4/c1-4-12-26-18-14-20(25-3)22(21(15-18)27-13-5-2)19(24)11-8-16-6-9-17(23)10-7-16/h4-11,14-15H,1-2,12-13H2,3H3. The number of hydrogen-bond donors (Lipinski definition) is 0. The summed E-state index contributed by atoms with van der Waals surface area (Å²) in [4.78, 5) is 12.8. The number of benzene rings is 2. The zero-order valence-electron chi connectivity index (χ0n) is 15.1. The Hall–Kier alpha value is -2.98. The Morgan fingerprint density at radius 1 is 1.04 bits per heavy atom. The van der Waals surface area contributed by atoms with E-state index in [1.165, 1.54) is 13.2 Å². The van der Waals surface area contributed by atoms with Crippen molar-refractivity contribution in [3.8, 4) is 17.2 Å². The molecule has 0 aromatic heterocycles. The number of ketones is 1. The summed E-state index contributed by atoms with van der Waals surface area (Å²) in [7, 11) is 1.49. The predicted octanol–water partition coefficient (Wildman–Crippen LogP) is 5.37. The highest BCUT2D eigenvalue weighted by Crippen LogP contribution is 2.35. The van der Waals surface area contributed by atoms with Gasteiger partial charge in [-0.25, -0.2) is 0 Å². The van der Waals surface area contributed by atoms with E-state index in [4.69, 9.17) is 25.8 Å². The lowest BCUT2D eigenvalue weighted by molar-refractivity contribution is 0.104. The summed E-state index contributed by atoms with van der Waals surface area (Å²) in [6.45, 7) is 7.83. The number of allylic oxidation sites excluding steroid dienone is 1. The summed E-state index contributed by atoms with van der Waals surface area (Å²) in [5, 5.41) is 0.635. The van der Waals surface area contributed by atoms with Gasteiger partial charge in [0, 0.05) is 17.2 Å². The summed E-state index contributed by atoms with van der Waals surface area (Å²) >= 11 is 5.88. The van der Waals surface area contributed by atoms with Gasteiger partial charge in [-0.15, -0.1) is 0 Å². The second-order valence-corrected chi connectivity index (χ2v) is 5.88. The van der Waals surface area contributed by atoms with E-state index < -0.39 is 0 Å². The second-order valence-electron chi connectivity index (χ2n) is 5.45. The summed E-state index contributed by atoms with van der Waals surface area (Å²) in [5.74, 6) is 0.987. The van der Waals surface area contributed by atoms with Crippen molar-refractivity contribution in [3.63, 3.8) is 0 Å². The van der Waals surface area contributed by atoms with Gasteiger partial charge in [0.15, 0.2) is 5.78 Å². The maximum atomic E-state index is 12.8. The van der Waals surface area contributed by atoms with Crippen LogP contribution >= 0.6 is 11.6 Å². The first-order chi connectivity index (χ1) is 13.1. The number of rotatable bonds is 10. The Kier molecular flexibility index (Phi) is 7.71. The van der Waals surface area contributed by atoms with Crippen LogP contribution in [0.2, 0.25) is 5.02 Å². The van der Waals surface area contributed by atoms with Crippen LogP contribution in [0.25, 0.3) is 6.08 Å². The van der Waals surface area contributed by atoms with E-state index in [0.717, 1.165) is 5.56 Å². The van der Waals surface area contributed by atoms with E-state index >= 15 is 0 Å². The van der Waals surface area contributed by atoms with E-state index in [0.29, 0.717) is 34.4 Å². The fourth-order valence-electron chi connectivity index (χ4n) is 2.30. The molecule has 2 rings (SSSR count). The lowest BCUT2D eigenvalue weighted by atomic mass is 10.1. The molecular formula is C22H21ClO4. The molecule has 0 spiro atoms. The van der Waals surface area contributed by atoms with Crippen molar-refractivity contribution < 1.29 is 19.0 Å². The van der Waals surface area contributed by atoms with Crippen LogP contribution in [-0.4, -0.2) is 26.1 Å². The van der Waals surface area contributed by atoms with Crippen LogP contribution in [0.3, 0.4) is 0 Å². The van der Waals surface area contributed by atoms with E-state index in [-0.39, 0.29) is 12.4 Å². The first-order valence-electron chi connectivity index (χ1n) is 8.26. The molecule has 0 N–H and O–H groups in total. The molecule has 5 heteroatoms. The number of hydrogen-bond acceptors (Lipinski definition) is 4. The van der Waals surface area contributed by atoms with Crippen LogP contribution in [-0.2, 0) is 0 Å². The minimum atomic E-state index is -0.254. The van der Waals surface area contributed by atoms with Crippen LogP contribution < -0.4 is 14.2 Å². The number of carbonyl (C=O) groups is 1. The summed E-state index contributed by atoms with van der Waals surface area (Å²) in [6.07, 6.45) is 6.40. The topological polar surface area (TPSA) is 44.8 Å². The zero-order chi connectivity index (χ0) is 19.6. The van der Waals surface area contributed by atoms with Crippen molar-refractivity contribution in [3.05, 3.63) is 83.9 Å². The smallest absolute Gasteiger partial charge is 0.193 e. The molecule has 0 fully saturated rings. The third-order valence-corrected chi connectivity index (χ3v) is 3.78. The Bertz CT molecular complexity index is 838. The van der Waals surface area contributed by atoms with Crippen LogP contribution in [0.5, 0.6) is 17.2 Å². The van der Waals surface area contributed by atoms with Gasteiger partial charge in [0.05, 0.1) is 7.11 Å². The molecule has 140 valence electrons. The number of carbonyl (C=O) groups excluding carboxylic acids is 1. The quantitative estimate of drug-likeness (QED) is 0.313. The molecule has 0 unspecified atom stereocenters. The van der Waals surface area contributed by atoms with Gasteiger partial charge in [0.1, 0.15) is 36.0 Å². The van der Waals surface area contributed by atoms with Crippen molar-refractivity contribution >= 4 is 23.5 Å². The summed E-state index contributed by atoms with van der Waals surface area (Å²) in [6, 6.07) is 10.5. The molecule has 2 aromatic rings. The van der Waals surface area contributed by atoms with Gasteiger partial charge in [-0.2, -0.15) is 0 Å². The van der Waals surface area contributed by atoms with Gasteiger partial charge < -0.3 is 14.2 Å². The lowest BCUT2D eigenvalue weighted by Crippen LogP contribution is -2.06. The fraction of sp³-hybridized carbons (Fsp3) is 0.136. The van der Waals surface area contributed by atoms with Crippen molar-refractivity contribution in [2.24, 2.45) is 0 Å². The molecule has 0 atom stereocenters. The Balaban J connectivity index is 2.38. The minimum Gasteiger partial charge on any atom is -0.496 e. The van der Waals surface area contributed by atoms with Crippen LogP contribution in [0, 0.1) is 0 Å². The molecule has 0 heterocycles. The SMILES string of the molecule is C=CCOc1cc(OC)c(C(=O)C=Cc2ccc(Cl)cc2)c(OCC=C)c1. The molecule has 27 heavy (non-hydrogen) atoms. The zero-order valence-corrected chi connectivity index (χ0v) is 15.9. The molecule has 0 radical (unpaired) electrons. The molecule has 0 aliphatic heterocycles. The van der Waals surface area contributed by atoms with Crippen LogP contribution in [0.4, 0.5) is 0 Å². The van der Waals surface area contributed by atoms with E-state index in [1.54, 1.807) is 42.5 Å². The number of halogens is 1. The van der Waals surface area contributed by atoms with Crippen LogP contribution in [0.1, 0.15) is 15.9 Å². The summed E-state index contributed by atoms with van der Waals surface area (Å²) < 4.78 is 16.6. The molecule has 0 saturated heterocycles. The molecule has 0 bridgehead atoms. The highest BCUT2D eigenvalue weighted by Gasteiger charge is 2.19. The van der Waals surface area contributed by atoms with Gasteiger partial charge in [0.25, 0.3) is 0 Å². The van der Waals surface area contributed by atoms with Crippen molar-refractivity contribution in [2.45, 2.75) is 0 Å². The molecule has 0 aliphatic rings. The maximum absolute atomic E-state index is 12.8. The predicted molar refractivity (Wildman–Crippen MR) is 109 cm³/mol. The van der Waals surface area contributed by atoms with E-state index in [9.17, 15) is 4.79 Å². The average molecular weight is 385 g/mol. The van der Waals surface area contributed by atoms with Crippen LogP contribution in [0.15, 0.2) is 67.8 Å². The largest absolute Gasteiger partial charge is 0.496 e. The Labute approximate surface area is 164 Å². The number of methoxy groups -OCH3 is 1. The van der Waals surface area contributed by atoms with Gasteiger partial charge in [-0.3, -0.25) is 4.79 Å². The number of ether oxygens (including phenoxy) is 3. The molecular weight excluding hydrogens is 364 g/mol. The average Bonchev–Trinajstić information content (AvgIpc) is 2.69. The Morgan fingerprint density at radius 3 is 2.30 bits per heavy atom. The first-order valence-corrected chi connectivity index (χ1v) is 8.64. The van der Waals surface area contributed by atoms with Gasteiger partial charge in [0.2, 0.25) is 0 Å². The molecule has 2 aromatic carbocycles. The third-order valence-electron chi connectivity index (χ3n) is 3.53. The first kappa shape index (κ1) is 20.3. The summed E-state index contributed by atoms with van der Waals surface area (Å²) in [5.41, 5.74) is 1.17. The normalized spacial score (nSPS) is 10.4. The van der Waals surface area contributed by atoms with Gasteiger partial charge in [-0.05, 0) is 23.8 Å². The van der Waals surface area contributed by atoms with Crippen molar-refractivity contribution in [2.75, 3.05) is 20.3 Å². The molecule has 0 amide bonds. The highest BCUT2D eigenvalue weighted by atomic mass is 35.5. The van der Waals surface area contributed by atoms with E-state index in [1.807, 2.05) is 12.1 Å². The molecule has 0 aliphatic carbocycles. The van der Waals surface area contributed by atoms with Crippen molar-refractivity contribution in [1.82, 2.24) is 0 Å². The third kappa shape index (κ3) is 5.76. The van der Waals surface area contributed by atoms with E-state index in [2.05, 4.69) is 13.2 Å². The highest BCUT2D eigenvalue weighted by molar-refractivity contribution is 6.30. The Morgan fingerprint density at radius 2 is 1.67 bits per heavy atom. The second kappa shape index (κ2) is 10.2. The lowest BCUT2D eigenvalue weighted by Gasteiger charge is -2.15.